The molecule has 2 rings (SSSR count). The number of benzene rings is 1. The third-order valence-corrected chi connectivity index (χ3v) is 2.50. The van der Waals surface area contributed by atoms with Gasteiger partial charge < -0.3 is 10.2 Å². The fourth-order valence-corrected chi connectivity index (χ4v) is 1.58. The second-order valence-electron chi connectivity index (χ2n) is 3.81. The molecule has 0 radical (unpaired) electrons. The lowest BCUT2D eigenvalue weighted by molar-refractivity contribution is 0.0963. The number of ketones is 1. The van der Waals surface area contributed by atoms with Crippen molar-refractivity contribution in [2.24, 2.45) is 5.73 Å². The highest BCUT2D eigenvalue weighted by atomic mass is 19.1. The predicted molar refractivity (Wildman–Crippen MR) is 61.0 cm³/mol. The van der Waals surface area contributed by atoms with Gasteiger partial charge in [0.05, 0.1) is 6.54 Å². The highest BCUT2D eigenvalue weighted by molar-refractivity contribution is 5.95. The maximum atomic E-state index is 13.3. The summed E-state index contributed by atoms with van der Waals surface area (Å²) in [6, 6.07) is 6.05. The summed E-state index contributed by atoms with van der Waals surface area (Å²) in [5, 5.41) is 0. The van der Waals surface area contributed by atoms with E-state index in [0.717, 1.165) is 18.2 Å². The van der Waals surface area contributed by atoms with E-state index < -0.39 is 17.4 Å². The van der Waals surface area contributed by atoms with Crippen LogP contribution in [0.5, 0.6) is 0 Å². The number of hydrogen-bond acceptors (Lipinski definition) is 3. The number of carbonyl (C=O) groups is 1. The van der Waals surface area contributed by atoms with E-state index in [4.69, 9.17) is 10.2 Å². The molecule has 0 fully saturated rings. The summed E-state index contributed by atoms with van der Waals surface area (Å²) in [6.45, 7) is 0.182. The summed E-state index contributed by atoms with van der Waals surface area (Å²) < 4.78 is 31.4. The van der Waals surface area contributed by atoms with Gasteiger partial charge in [0, 0.05) is 6.42 Å². The number of nitrogens with two attached hydrogens (primary N) is 1. The summed E-state index contributed by atoms with van der Waals surface area (Å²) in [7, 11) is 0. The summed E-state index contributed by atoms with van der Waals surface area (Å²) in [5.74, 6) is -1.05. The van der Waals surface area contributed by atoms with Gasteiger partial charge in [-0.1, -0.05) is 0 Å². The summed E-state index contributed by atoms with van der Waals surface area (Å²) in [4.78, 5) is 11.8. The molecular formula is C13H11F2NO2. The third kappa shape index (κ3) is 2.62. The standard InChI is InChI=1S/C13H11F2NO2/c14-9-1-3-11(15)8(5-9)6-12(17)13-4-2-10(7-16)18-13/h1-5H,6-7,16H2. The number of carbonyl (C=O) groups excluding carboxylic acids is 1. The van der Waals surface area contributed by atoms with Gasteiger partial charge in [-0.05, 0) is 35.9 Å². The third-order valence-electron chi connectivity index (χ3n) is 2.50. The Morgan fingerprint density at radius 2 is 2.00 bits per heavy atom. The van der Waals surface area contributed by atoms with Gasteiger partial charge in [-0.3, -0.25) is 4.79 Å². The SMILES string of the molecule is NCc1ccc(C(=O)Cc2cc(F)ccc2F)o1. The second kappa shape index (κ2) is 5.10. The van der Waals surface area contributed by atoms with Crippen molar-refractivity contribution in [3.8, 4) is 0 Å². The first-order chi connectivity index (χ1) is 8.60. The molecule has 0 aliphatic heterocycles. The molecule has 1 aromatic carbocycles. The maximum absolute atomic E-state index is 13.3. The lowest BCUT2D eigenvalue weighted by Gasteiger charge is -2.01. The molecule has 0 unspecified atom stereocenters. The molecule has 0 atom stereocenters. The van der Waals surface area contributed by atoms with Gasteiger partial charge in [0.2, 0.25) is 5.78 Å². The van der Waals surface area contributed by atoms with Gasteiger partial charge in [0.25, 0.3) is 0 Å². The van der Waals surface area contributed by atoms with E-state index in [1.54, 1.807) is 6.07 Å². The molecule has 0 saturated heterocycles. The lowest BCUT2D eigenvalue weighted by atomic mass is 10.1. The zero-order valence-corrected chi connectivity index (χ0v) is 9.45. The van der Waals surface area contributed by atoms with E-state index in [2.05, 4.69) is 0 Å². The molecule has 0 aliphatic rings. The van der Waals surface area contributed by atoms with E-state index in [-0.39, 0.29) is 24.3 Å². The van der Waals surface area contributed by atoms with Crippen LogP contribution in [0.3, 0.4) is 0 Å². The minimum absolute atomic E-state index is 0.00528. The van der Waals surface area contributed by atoms with Gasteiger partial charge in [0.15, 0.2) is 5.76 Å². The molecule has 3 nitrogen and oxygen atoms in total. The van der Waals surface area contributed by atoms with E-state index in [1.165, 1.54) is 6.07 Å². The molecule has 1 heterocycles. The maximum Gasteiger partial charge on any atom is 0.202 e. The van der Waals surface area contributed by atoms with Crippen LogP contribution in [0.4, 0.5) is 8.78 Å². The fourth-order valence-electron chi connectivity index (χ4n) is 1.58. The minimum atomic E-state index is -0.615. The first-order valence-electron chi connectivity index (χ1n) is 5.36. The molecule has 0 spiro atoms. The van der Waals surface area contributed by atoms with E-state index in [9.17, 15) is 13.6 Å². The molecular weight excluding hydrogens is 240 g/mol. The van der Waals surface area contributed by atoms with Gasteiger partial charge in [-0.2, -0.15) is 0 Å². The largest absolute Gasteiger partial charge is 0.457 e. The molecule has 2 aromatic rings. The fraction of sp³-hybridized carbons (Fsp3) is 0.154. The van der Waals surface area contributed by atoms with Crippen molar-refractivity contribution >= 4 is 5.78 Å². The molecule has 18 heavy (non-hydrogen) atoms. The smallest absolute Gasteiger partial charge is 0.202 e. The number of furan rings is 1. The van der Waals surface area contributed by atoms with Crippen LogP contribution < -0.4 is 5.73 Å². The molecule has 0 amide bonds. The molecule has 0 saturated carbocycles. The van der Waals surface area contributed by atoms with Crippen molar-refractivity contribution in [3.05, 3.63) is 59.1 Å². The summed E-state index contributed by atoms with van der Waals surface area (Å²) in [5.41, 5.74) is 5.35. The number of halogens is 2. The van der Waals surface area contributed by atoms with Crippen molar-refractivity contribution in [2.45, 2.75) is 13.0 Å². The first-order valence-corrected chi connectivity index (χ1v) is 5.36. The van der Waals surface area contributed by atoms with Crippen molar-refractivity contribution in [1.82, 2.24) is 0 Å². The van der Waals surface area contributed by atoms with Gasteiger partial charge in [0.1, 0.15) is 17.4 Å². The minimum Gasteiger partial charge on any atom is -0.457 e. The zero-order valence-electron chi connectivity index (χ0n) is 9.45. The number of rotatable bonds is 4. The highest BCUT2D eigenvalue weighted by Gasteiger charge is 2.14. The number of hydrogen-bond donors (Lipinski definition) is 1. The van der Waals surface area contributed by atoms with E-state index in [1.807, 2.05) is 0 Å². The van der Waals surface area contributed by atoms with Crippen LogP contribution in [0, 0.1) is 11.6 Å². The van der Waals surface area contributed by atoms with Gasteiger partial charge in [-0.25, -0.2) is 8.78 Å². The van der Waals surface area contributed by atoms with Crippen LogP contribution in [-0.2, 0) is 13.0 Å². The Kier molecular flexibility index (Phi) is 3.53. The Hall–Kier alpha value is -2.01. The van der Waals surface area contributed by atoms with Crippen molar-refractivity contribution in [3.63, 3.8) is 0 Å². The zero-order chi connectivity index (χ0) is 13.1. The molecule has 94 valence electrons. The van der Waals surface area contributed by atoms with Crippen molar-refractivity contribution in [1.29, 1.82) is 0 Å². The quantitative estimate of drug-likeness (QED) is 0.849. The monoisotopic (exact) mass is 251 g/mol. The molecule has 1 aromatic heterocycles. The lowest BCUT2D eigenvalue weighted by Crippen LogP contribution is -2.04. The van der Waals surface area contributed by atoms with E-state index >= 15 is 0 Å². The normalized spacial score (nSPS) is 10.6. The number of Topliss-reactive ketones (excluding diaryl/α,β-unsaturated/α-hetero) is 1. The molecule has 0 bridgehead atoms. The average Bonchev–Trinajstić information content (AvgIpc) is 2.82. The average molecular weight is 251 g/mol. The van der Waals surface area contributed by atoms with Crippen molar-refractivity contribution in [2.75, 3.05) is 0 Å². The topological polar surface area (TPSA) is 56.2 Å². The Labute approximate surface area is 102 Å². The van der Waals surface area contributed by atoms with Crippen LogP contribution in [0.25, 0.3) is 0 Å². The Bertz CT molecular complexity index is 578. The Morgan fingerprint density at radius 1 is 1.22 bits per heavy atom. The summed E-state index contributed by atoms with van der Waals surface area (Å²) >= 11 is 0. The Morgan fingerprint density at radius 3 is 2.67 bits per heavy atom. The van der Waals surface area contributed by atoms with Crippen LogP contribution in [0.15, 0.2) is 34.7 Å². The highest BCUT2D eigenvalue weighted by Crippen LogP contribution is 2.15. The predicted octanol–water partition coefficient (Wildman–Crippen LogP) is 2.44. The molecule has 5 heteroatoms. The van der Waals surface area contributed by atoms with Gasteiger partial charge >= 0.3 is 0 Å². The van der Waals surface area contributed by atoms with Crippen LogP contribution in [0.1, 0.15) is 21.9 Å². The molecule has 2 N–H and O–H groups in total. The van der Waals surface area contributed by atoms with Crippen LogP contribution in [0.2, 0.25) is 0 Å². The van der Waals surface area contributed by atoms with Gasteiger partial charge in [-0.15, -0.1) is 0 Å². The van der Waals surface area contributed by atoms with Crippen LogP contribution in [-0.4, -0.2) is 5.78 Å². The Balaban J connectivity index is 2.18. The van der Waals surface area contributed by atoms with E-state index in [0.29, 0.717) is 5.76 Å². The van der Waals surface area contributed by atoms with Crippen molar-refractivity contribution < 1.29 is 18.0 Å². The van der Waals surface area contributed by atoms with Crippen LogP contribution >= 0.6 is 0 Å². The first kappa shape index (κ1) is 12.4. The molecule has 0 aliphatic carbocycles. The summed E-state index contributed by atoms with van der Waals surface area (Å²) in [6.07, 6.45) is -0.249. The second-order valence-corrected chi connectivity index (χ2v) is 3.81.